The molecule has 1 aromatic carbocycles. The third-order valence-corrected chi connectivity index (χ3v) is 2.50. The van der Waals surface area contributed by atoms with Crippen LogP contribution in [0.5, 0.6) is 17.2 Å². The summed E-state index contributed by atoms with van der Waals surface area (Å²) in [5.41, 5.74) is 0.574. The Bertz CT molecular complexity index is 455. The molecule has 0 saturated carbocycles. The average molecular weight is 268 g/mol. The molecule has 0 bridgehead atoms. The lowest BCUT2D eigenvalue weighted by Crippen LogP contribution is -2.17. The molecule has 19 heavy (non-hydrogen) atoms. The van der Waals surface area contributed by atoms with Crippen molar-refractivity contribution in [2.75, 3.05) is 28.4 Å². The van der Waals surface area contributed by atoms with Crippen LogP contribution in [0, 0.1) is 0 Å². The maximum absolute atomic E-state index is 11.5. The smallest absolute Gasteiger partial charge is 0.374 e. The topological polar surface area (TPSA) is 71.1 Å². The number of methoxy groups -OCH3 is 4. The average Bonchev–Trinajstić information content (AvgIpc) is 2.44. The van der Waals surface area contributed by atoms with E-state index in [-0.39, 0.29) is 6.42 Å². The second-order valence-electron chi connectivity index (χ2n) is 3.63. The van der Waals surface area contributed by atoms with Crippen LogP contribution < -0.4 is 14.2 Å². The molecule has 0 aromatic heterocycles. The minimum Gasteiger partial charge on any atom is -0.493 e. The van der Waals surface area contributed by atoms with Crippen molar-refractivity contribution in [1.29, 1.82) is 0 Å². The van der Waals surface area contributed by atoms with Gasteiger partial charge in [-0.15, -0.1) is 0 Å². The molecular weight excluding hydrogens is 252 g/mol. The Morgan fingerprint density at radius 1 is 0.947 bits per heavy atom. The van der Waals surface area contributed by atoms with Crippen molar-refractivity contribution in [2.45, 2.75) is 6.42 Å². The Hall–Kier alpha value is -2.24. The normalized spacial score (nSPS) is 9.68. The Balaban J connectivity index is 3.09. The monoisotopic (exact) mass is 268 g/mol. The third-order valence-electron chi connectivity index (χ3n) is 2.50. The summed E-state index contributed by atoms with van der Waals surface area (Å²) in [6.45, 7) is 0. The molecule has 0 N–H and O–H groups in total. The fourth-order valence-electron chi connectivity index (χ4n) is 1.61. The first-order valence-electron chi connectivity index (χ1n) is 5.47. The maximum Gasteiger partial charge on any atom is 0.374 e. The van der Waals surface area contributed by atoms with E-state index >= 15 is 0 Å². The molecule has 0 aliphatic heterocycles. The highest BCUT2D eigenvalue weighted by Gasteiger charge is 2.18. The number of carbonyl (C=O) groups is 2. The zero-order valence-electron chi connectivity index (χ0n) is 11.3. The zero-order valence-corrected chi connectivity index (χ0v) is 11.3. The van der Waals surface area contributed by atoms with E-state index in [0.717, 1.165) is 7.11 Å². The summed E-state index contributed by atoms with van der Waals surface area (Å²) in [6, 6.07) is 3.23. The van der Waals surface area contributed by atoms with Gasteiger partial charge in [0, 0.05) is 6.42 Å². The molecule has 6 heteroatoms. The molecule has 0 fully saturated rings. The number of hydrogen-bond donors (Lipinski definition) is 0. The standard InChI is InChI=1S/C13H16O6/c1-16-10-6-8(5-9(14)13(15)19-4)7-11(17-2)12(10)18-3/h6-7H,5H2,1-4H3. The summed E-state index contributed by atoms with van der Waals surface area (Å²) < 4.78 is 19.8. The molecule has 0 heterocycles. The van der Waals surface area contributed by atoms with Gasteiger partial charge in [0.05, 0.1) is 28.4 Å². The SMILES string of the molecule is COC(=O)C(=O)Cc1cc(OC)c(OC)c(OC)c1. The first kappa shape index (κ1) is 14.8. The highest BCUT2D eigenvalue weighted by Crippen LogP contribution is 2.38. The van der Waals surface area contributed by atoms with Gasteiger partial charge in [0.1, 0.15) is 0 Å². The minimum atomic E-state index is -0.881. The van der Waals surface area contributed by atoms with Crippen LogP contribution in [0.4, 0.5) is 0 Å². The maximum atomic E-state index is 11.5. The number of hydrogen-bond acceptors (Lipinski definition) is 6. The predicted octanol–water partition coefficient (Wildman–Crippen LogP) is 0.997. The van der Waals surface area contributed by atoms with Gasteiger partial charge in [-0.2, -0.15) is 0 Å². The van der Waals surface area contributed by atoms with Gasteiger partial charge in [-0.3, -0.25) is 4.79 Å². The highest BCUT2D eigenvalue weighted by atomic mass is 16.5. The van der Waals surface area contributed by atoms with Crippen molar-refractivity contribution < 1.29 is 28.5 Å². The third kappa shape index (κ3) is 3.37. The summed E-state index contributed by atoms with van der Waals surface area (Å²) in [4.78, 5) is 22.6. The van der Waals surface area contributed by atoms with E-state index in [1.165, 1.54) is 21.3 Å². The second-order valence-corrected chi connectivity index (χ2v) is 3.63. The lowest BCUT2D eigenvalue weighted by atomic mass is 10.1. The number of Topliss-reactive ketones (excluding diaryl/α,β-unsaturated/α-hetero) is 1. The molecule has 0 aliphatic carbocycles. The Kier molecular flexibility index (Phi) is 5.17. The quantitative estimate of drug-likeness (QED) is 0.566. The van der Waals surface area contributed by atoms with E-state index in [4.69, 9.17) is 14.2 Å². The van der Waals surface area contributed by atoms with Crippen LogP contribution in [0.25, 0.3) is 0 Å². The molecule has 0 saturated heterocycles. The summed E-state index contributed by atoms with van der Waals surface area (Å²) in [5, 5.41) is 0. The van der Waals surface area contributed by atoms with Gasteiger partial charge in [-0.25, -0.2) is 4.79 Å². The van der Waals surface area contributed by atoms with Gasteiger partial charge < -0.3 is 18.9 Å². The molecule has 1 aromatic rings. The van der Waals surface area contributed by atoms with Crippen LogP contribution in [-0.2, 0) is 20.7 Å². The summed E-state index contributed by atoms with van der Waals surface area (Å²) in [5.74, 6) is -0.242. The van der Waals surface area contributed by atoms with Gasteiger partial charge in [0.25, 0.3) is 0 Å². The molecule has 1 rings (SSSR count). The minimum absolute atomic E-state index is 0.0939. The molecule has 6 nitrogen and oxygen atoms in total. The second kappa shape index (κ2) is 6.63. The molecule has 0 spiro atoms. The molecular formula is C13H16O6. The summed E-state index contributed by atoms with van der Waals surface area (Å²) >= 11 is 0. The van der Waals surface area contributed by atoms with Crippen LogP contribution in [0.3, 0.4) is 0 Å². The molecule has 0 radical (unpaired) electrons. The molecule has 0 atom stereocenters. The van der Waals surface area contributed by atoms with Crippen molar-refractivity contribution in [1.82, 2.24) is 0 Å². The highest BCUT2D eigenvalue weighted by molar-refractivity contribution is 6.34. The largest absolute Gasteiger partial charge is 0.493 e. The van der Waals surface area contributed by atoms with E-state index in [0.29, 0.717) is 22.8 Å². The fourth-order valence-corrected chi connectivity index (χ4v) is 1.61. The van der Waals surface area contributed by atoms with E-state index < -0.39 is 11.8 Å². The number of ether oxygens (including phenoxy) is 4. The first-order valence-corrected chi connectivity index (χ1v) is 5.47. The van der Waals surface area contributed by atoms with Crippen LogP contribution in [0.15, 0.2) is 12.1 Å². The van der Waals surface area contributed by atoms with Gasteiger partial charge in [0.2, 0.25) is 11.5 Å². The van der Waals surface area contributed by atoms with E-state index in [1.54, 1.807) is 12.1 Å². The lowest BCUT2D eigenvalue weighted by Gasteiger charge is -2.13. The number of rotatable bonds is 6. The van der Waals surface area contributed by atoms with Crippen molar-refractivity contribution in [2.24, 2.45) is 0 Å². The van der Waals surface area contributed by atoms with Gasteiger partial charge in [0.15, 0.2) is 11.5 Å². The zero-order chi connectivity index (χ0) is 14.4. The number of esters is 1. The van der Waals surface area contributed by atoms with Gasteiger partial charge in [-0.05, 0) is 17.7 Å². The summed E-state index contributed by atoms with van der Waals surface area (Å²) in [7, 11) is 5.60. The lowest BCUT2D eigenvalue weighted by molar-refractivity contribution is -0.151. The number of carbonyl (C=O) groups excluding carboxylic acids is 2. The van der Waals surface area contributed by atoms with E-state index in [2.05, 4.69) is 4.74 Å². The Morgan fingerprint density at radius 2 is 1.47 bits per heavy atom. The van der Waals surface area contributed by atoms with Gasteiger partial charge in [-0.1, -0.05) is 0 Å². The van der Waals surface area contributed by atoms with Crippen molar-refractivity contribution in [3.05, 3.63) is 17.7 Å². The van der Waals surface area contributed by atoms with Gasteiger partial charge >= 0.3 is 5.97 Å². The van der Waals surface area contributed by atoms with E-state index in [9.17, 15) is 9.59 Å². The fraction of sp³-hybridized carbons (Fsp3) is 0.385. The molecule has 0 amide bonds. The van der Waals surface area contributed by atoms with E-state index in [1.807, 2.05) is 0 Å². The first-order chi connectivity index (χ1) is 9.07. The molecule has 104 valence electrons. The van der Waals surface area contributed by atoms with Crippen molar-refractivity contribution in [3.63, 3.8) is 0 Å². The van der Waals surface area contributed by atoms with Crippen molar-refractivity contribution in [3.8, 4) is 17.2 Å². The Morgan fingerprint density at radius 3 is 1.84 bits per heavy atom. The molecule has 0 unspecified atom stereocenters. The van der Waals surface area contributed by atoms with Crippen LogP contribution in [-0.4, -0.2) is 40.2 Å². The van der Waals surface area contributed by atoms with Crippen molar-refractivity contribution >= 4 is 11.8 Å². The van der Waals surface area contributed by atoms with Crippen LogP contribution in [0.2, 0.25) is 0 Å². The number of benzene rings is 1. The number of ketones is 1. The van der Waals surface area contributed by atoms with Crippen LogP contribution in [0.1, 0.15) is 5.56 Å². The Labute approximate surface area is 111 Å². The summed E-state index contributed by atoms with van der Waals surface area (Å²) in [6.07, 6.45) is -0.0939. The van der Waals surface area contributed by atoms with Crippen LogP contribution >= 0.6 is 0 Å². The predicted molar refractivity (Wildman–Crippen MR) is 66.8 cm³/mol. The molecule has 0 aliphatic rings.